The number of para-hydroxylation sites is 1. The van der Waals surface area contributed by atoms with Gasteiger partial charge in [-0.05, 0) is 41.5 Å². The van der Waals surface area contributed by atoms with Crippen molar-refractivity contribution in [1.29, 1.82) is 0 Å². The van der Waals surface area contributed by atoms with E-state index in [0.29, 0.717) is 28.1 Å². The average Bonchev–Trinajstić information content (AvgIpc) is 3.14. The smallest absolute Gasteiger partial charge is 0.270 e. The number of nitrogens with zero attached hydrogens (tertiary/aromatic N) is 1. The van der Waals surface area contributed by atoms with Crippen LogP contribution in [0.15, 0.2) is 114 Å². The van der Waals surface area contributed by atoms with E-state index in [1.807, 2.05) is 72.8 Å². The van der Waals surface area contributed by atoms with Crippen molar-refractivity contribution in [2.45, 2.75) is 10.3 Å². The first-order chi connectivity index (χ1) is 16.0. The van der Waals surface area contributed by atoms with Crippen molar-refractivity contribution in [1.82, 2.24) is 0 Å². The van der Waals surface area contributed by atoms with Gasteiger partial charge in [-0.2, -0.15) is 0 Å². The van der Waals surface area contributed by atoms with Crippen LogP contribution in [-0.2, 0) is 20.2 Å². The lowest BCUT2D eigenvalue weighted by molar-refractivity contribution is -0.119. The quantitative estimate of drug-likeness (QED) is 0.435. The normalized spacial score (nSPS) is 14.7. The van der Waals surface area contributed by atoms with E-state index in [1.165, 1.54) is 19.2 Å². The Hall–Kier alpha value is -3.90. The van der Waals surface area contributed by atoms with Crippen molar-refractivity contribution < 1.29 is 17.9 Å². The van der Waals surface area contributed by atoms with Crippen molar-refractivity contribution in [2.75, 3.05) is 11.4 Å². The molecule has 0 aliphatic carbocycles. The molecule has 0 N–H and O–H groups in total. The molecular weight excluding hydrogens is 434 g/mol. The van der Waals surface area contributed by atoms with Crippen molar-refractivity contribution in [3.8, 4) is 5.75 Å². The third kappa shape index (κ3) is 3.06. The van der Waals surface area contributed by atoms with Gasteiger partial charge in [0.1, 0.15) is 11.2 Å². The van der Waals surface area contributed by atoms with Gasteiger partial charge >= 0.3 is 0 Å². The monoisotopic (exact) mass is 455 g/mol. The Morgan fingerprint density at radius 2 is 1.21 bits per heavy atom. The van der Waals surface area contributed by atoms with Crippen LogP contribution < -0.4 is 9.04 Å². The van der Waals surface area contributed by atoms with E-state index < -0.39 is 21.3 Å². The standard InChI is InChI=1S/C27H21NO4S/c1-32-22-16-18-23(19-17-22)33(30,31)28-25-15-9-8-14-24(25)27(26(28)29,20-10-4-2-5-11-20)21-12-6-3-7-13-21/h2-19H,1H3. The molecular formula is C27H21NO4S. The third-order valence-corrected chi connectivity index (χ3v) is 7.75. The zero-order valence-corrected chi connectivity index (χ0v) is 18.7. The molecule has 164 valence electrons. The first-order valence-electron chi connectivity index (χ1n) is 10.5. The summed E-state index contributed by atoms with van der Waals surface area (Å²) in [5, 5.41) is 0. The molecule has 33 heavy (non-hydrogen) atoms. The van der Waals surface area contributed by atoms with Crippen molar-refractivity contribution >= 4 is 21.6 Å². The van der Waals surface area contributed by atoms with E-state index in [1.54, 1.807) is 24.3 Å². The molecule has 0 aromatic heterocycles. The molecule has 0 atom stereocenters. The molecule has 4 aromatic rings. The fraction of sp³-hybridized carbons (Fsp3) is 0.0741. The van der Waals surface area contributed by atoms with Gasteiger partial charge in [-0.3, -0.25) is 4.79 Å². The van der Waals surface area contributed by atoms with Crippen molar-refractivity contribution in [2.24, 2.45) is 0 Å². The number of rotatable bonds is 5. The topological polar surface area (TPSA) is 63.7 Å². The molecule has 1 aliphatic heterocycles. The van der Waals surface area contributed by atoms with Gasteiger partial charge in [0.2, 0.25) is 0 Å². The first kappa shape index (κ1) is 21.0. The number of carbonyl (C=O) groups is 1. The highest BCUT2D eigenvalue weighted by atomic mass is 32.2. The molecule has 6 heteroatoms. The fourth-order valence-corrected chi connectivity index (χ4v) is 6.00. The van der Waals surface area contributed by atoms with Gasteiger partial charge in [-0.15, -0.1) is 0 Å². The summed E-state index contributed by atoms with van der Waals surface area (Å²) in [7, 11) is -2.67. The fourth-order valence-electron chi connectivity index (χ4n) is 4.54. The molecule has 0 unspecified atom stereocenters. The van der Waals surface area contributed by atoms with Crippen LogP contribution in [0.4, 0.5) is 5.69 Å². The number of benzene rings is 4. The molecule has 5 rings (SSSR count). The van der Waals surface area contributed by atoms with Gasteiger partial charge in [0.15, 0.2) is 0 Å². The number of amides is 1. The number of hydrogen-bond acceptors (Lipinski definition) is 4. The molecule has 0 spiro atoms. The Balaban J connectivity index is 1.80. The number of methoxy groups -OCH3 is 1. The van der Waals surface area contributed by atoms with Gasteiger partial charge < -0.3 is 4.74 Å². The first-order valence-corrected chi connectivity index (χ1v) is 11.9. The summed E-state index contributed by atoms with van der Waals surface area (Å²) in [6.45, 7) is 0. The predicted octanol–water partition coefficient (Wildman–Crippen LogP) is 4.77. The van der Waals surface area contributed by atoms with E-state index in [9.17, 15) is 13.2 Å². The van der Waals surface area contributed by atoms with Crippen molar-refractivity contribution in [3.05, 3.63) is 126 Å². The van der Waals surface area contributed by atoms with Crippen LogP contribution in [0.5, 0.6) is 5.75 Å². The summed E-state index contributed by atoms with van der Waals surface area (Å²) in [6.07, 6.45) is 0. The second kappa shape index (κ2) is 7.90. The number of sulfonamides is 1. The zero-order chi connectivity index (χ0) is 23.1. The number of hydrogen-bond donors (Lipinski definition) is 0. The summed E-state index contributed by atoms with van der Waals surface area (Å²) in [5.74, 6) is 0.00179. The Morgan fingerprint density at radius 3 is 1.76 bits per heavy atom. The Labute approximate surface area is 192 Å². The van der Waals surface area contributed by atoms with Gasteiger partial charge in [-0.1, -0.05) is 78.9 Å². The van der Waals surface area contributed by atoms with Gasteiger partial charge in [-0.25, -0.2) is 12.7 Å². The van der Waals surface area contributed by atoms with Gasteiger partial charge in [0.25, 0.3) is 15.9 Å². The number of anilines is 1. The van der Waals surface area contributed by atoms with E-state index >= 15 is 0 Å². The summed E-state index contributed by atoms with van der Waals surface area (Å²) < 4.78 is 33.8. The minimum Gasteiger partial charge on any atom is -0.497 e. The second-order valence-electron chi connectivity index (χ2n) is 7.75. The van der Waals surface area contributed by atoms with E-state index in [4.69, 9.17) is 4.74 Å². The Bertz CT molecular complexity index is 1380. The Morgan fingerprint density at radius 1 is 0.697 bits per heavy atom. The summed E-state index contributed by atoms with van der Waals surface area (Å²) in [5.41, 5.74) is 1.11. The number of ether oxygens (including phenoxy) is 1. The van der Waals surface area contributed by atoms with E-state index in [-0.39, 0.29) is 4.90 Å². The summed E-state index contributed by atoms with van der Waals surface area (Å²) in [4.78, 5) is 14.4. The predicted molar refractivity (Wildman–Crippen MR) is 127 cm³/mol. The second-order valence-corrected chi connectivity index (χ2v) is 9.54. The van der Waals surface area contributed by atoms with Crippen LogP contribution in [0.2, 0.25) is 0 Å². The van der Waals surface area contributed by atoms with Crippen LogP contribution in [0.25, 0.3) is 0 Å². The molecule has 5 nitrogen and oxygen atoms in total. The zero-order valence-electron chi connectivity index (χ0n) is 17.9. The average molecular weight is 456 g/mol. The largest absolute Gasteiger partial charge is 0.497 e. The summed E-state index contributed by atoms with van der Waals surface area (Å²) in [6, 6.07) is 31.8. The maximum atomic E-state index is 14.4. The highest BCUT2D eigenvalue weighted by molar-refractivity contribution is 7.93. The molecule has 0 saturated carbocycles. The maximum Gasteiger partial charge on any atom is 0.270 e. The third-order valence-electron chi connectivity index (χ3n) is 6.04. The molecule has 1 amide bonds. The summed E-state index contributed by atoms with van der Waals surface area (Å²) >= 11 is 0. The molecule has 0 fully saturated rings. The molecule has 0 bridgehead atoms. The van der Waals surface area contributed by atoms with Gasteiger partial charge in [0, 0.05) is 5.56 Å². The highest BCUT2D eigenvalue weighted by Crippen LogP contribution is 2.51. The minimum atomic E-state index is -4.19. The van der Waals surface area contributed by atoms with Gasteiger partial charge in [0.05, 0.1) is 17.7 Å². The molecule has 0 saturated heterocycles. The van der Waals surface area contributed by atoms with Crippen LogP contribution in [0.3, 0.4) is 0 Å². The van der Waals surface area contributed by atoms with Crippen LogP contribution in [0.1, 0.15) is 16.7 Å². The number of fused-ring (bicyclic) bond motifs is 1. The van der Waals surface area contributed by atoms with E-state index in [0.717, 1.165) is 4.31 Å². The SMILES string of the molecule is COc1ccc(S(=O)(=O)N2C(=O)C(c3ccccc3)(c3ccccc3)c3ccccc32)cc1. The van der Waals surface area contributed by atoms with Crippen LogP contribution in [-0.4, -0.2) is 21.4 Å². The Kier molecular flexibility index (Phi) is 5.02. The molecule has 1 aliphatic rings. The highest BCUT2D eigenvalue weighted by Gasteiger charge is 2.56. The van der Waals surface area contributed by atoms with Crippen molar-refractivity contribution in [3.63, 3.8) is 0 Å². The van der Waals surface area contributed by atoms with Crippen LogP contribution >= 0.6 is 0 Å². The van der Waals surface area contributed by atoms with E-state index in [2.05, 4.69) is 0 Å². The lowest BCUT2D eigenvalue weighted by Gasteiger charge is -2.30. The van der Waals surface area contributed by atoms with Crippen LogP contribution in [0, 0.1) is 0 Å². The maximum absolute atomic E-state index is 14.4. The lowest BCUT2D eigenvalue weighted by atomic mass is 9.70. The molecule has 0 radical (unpaired) electrons. The molecule has 4 aromatic carbocycles. The minimum absolute atomic E-state index is 0.0170. The lowest BCUT2D eigenvalue weighted by Crippen LogP contribution is -2.44. The molecule has 1 heterocycles. The number of carbonyl (C=O) groups excluding carboxylic acids is 1.